The molecule has 0 atom stereocenters. The Bertz CT molecular complexity index is 373. The summed E-state index contributed by atoms with van der Waals surface area (Å²) in [6, 6.07) is 2.64. The van der Waals surface area contributed by atoms with Gasteiger partial charge < -0.3 is 5.11 Å². The number of benzene rings is 1. The van der Waals surface area contributed by atoms with Crippen molar-refractivity contribution in [1.82, 2.24) is 0 Å². The van der Waals surface area contributed by atoms with Gasteiger partial charge in [-0.3, -0.25) is 0 Å². The Morgan fingerprint density at radius 2 is 1.93 bits per heavy atom. The maximum Gasteiger partial charge on any atom is 0.417 e. The third-order valence-corrected chi connectivity index (χ3v) is 1.94. The number of aromatic carboxylic acids is 1. The summed E-state index contributed by atoms with van der Waals surface area (Å²) in [4.78, 5) is 10.1. The van der Waals surface area contributed by atoms with Crippen molar-refractivity contribution in [1.29, 1.82) is 0 Å². The lowest BCUT2D eigenvalue weighted by Gasteiger charge is -2.09. The van der Waals surface area contributed by atoms with Crippen LogP contribution in [0.1, 0.15) is 15.9 Å². The highest BCUT2D eigenvalue weighted by Crippen LogP contribution is 2.34. The van der Waals surface area contributed by atoms with Crippen LogP contribution >= 0.6 is 12.6 Å². The fraction of sp³-hybridized carbons (Fsp3) is 0.125. The van der Waals surface area contributed by atoms with E-state index in [0.717, 1.165) is 12.1 Å². The molecule has 0 heterocycles. The first-order valence-corrected chi connectivity index (χ1v) is 3.90. The molecule has 0 unspecified atom stereocenters. The zero-order valence-electron chi connectivity index (χ0n) is 6.67. The SMILES string of the molecule is O=C(O)c1ccc(S)c(C(F)(F)F)c1. The van der Waals surface area contributed by atoms with E-state index in [1.54, 1.807) is 0 Å². The highest BCUT2D eigenvalue weighted by atomic mass is 32.1. The molecule has 1 N–H and O–H groups in total. The van der Waals surface area contributed by atoms with Gasteiger partial charge in [-0.05, 0) is 18.2 Å². The van der Waals surface area contributed by atoms with Crippen molar-refractivity contribution in [3.8, 4) is 0 Å². The van der Waals surface area contributed by atoms with Crippen LogP contribution in [0.4, 0.5) is 13.2 Å². The van der Waals surface area contributed by atoms with Crippen molar-refractivity contribution in [3.63, 3.8) is 0 Å². The highest BCUT2D eigenvalue weighted by Gasteiger charge is 2.33. The molecule has 0 amide bonds. The second-order valence-corrected chi connectivity index (χ2v) is 3.02. The minimum atomic E-state index is -4.58. The van der Waals surface area contributed by atoms with Gasteiger partial charge in [0.2, 0.25) is 0 Å². The Kier molecular flexibility index (Phi) is 2.75. The minimum Gasteiger partial charge on any atom is -0.478 e. The van der Waals surface area contributed by atoms with E-state index in [9.17, 15) is 18.0 Å². The lowest BCUT2D eigenvalue weighted by Crippen LogP contribution is -2.08. The number of rotatable bonds is 1. The van der Waals surface area contributed by atoms with Crippen LogP contribution in [0, 0.1) is 0 Å². The molecule has 6 heteroatoms. The molecule has 0 aliphatic carbocycles. The second-order valence-electron chi connectivity index (χ2n) is 2.53. The number of carboxylic acid groups (broad SMARTS) is 1. The summed E-state index contributed by atoms with van der Waals surface area (Å²) in [6.07, 6.45) is -4.58. The number of hydrogen-bond acceptors (Lipinski definition) is 2. The monoisotopic (exact) mass is 222 g/mol. The van der Waals surface area contributed by atoms with Gasteiger partial charge in [0, 0.05) is 4.90 Å². The molecule has 0 aliphatic heterocycles. The Hall–Kier alpha value is -1.17. The molecule has 76 valence electrons. The molecule has 0 aromatic heterocycles. The average molecular weight is 222 g/mol. The standard InChI is InChI=1S/C8H5F3O2S/c9-8(10,11)5-3-4(7(12)13)1-2-6(5)14/h1-3,14H,(H,12,13). The summed E-state index contributed by atoms with van der Waals surface area (Å²) in [6.45, 7) is 0. The van der Waals surface area contributed by atoms with E-state index in [4.69, 9.17) is 5.11 Å². The van der Waals surface area contributed by atoms with E-state index in [1.807, 2.05) is 0 Å². The Labute approximate surface area is 82.8 Å². The van der Waals surface area contributed by atoms with Crippen molar-refractivity contribution in [2.24, 2.45) is 0 Å². The van der Waals surface area contributed by atoms with Gasteiger partial charge in [-0.15, -0.1) is 12.6 Å². The lowest BCUT2D eigenvalue weighted by molar-refractivity contribution is -0.139. The van der Waals surface area contributed by atoms with Gasteiger partial charge in [0.15, 0.2) is 0 Å². The molecule has 1 aromatic rings. The van der Waals surface area contributed by atoms with E-state index >= 15 is 0 Å². The third-order valence-electron chi connectivity index (χ3n) is 1.55. The lowest BCUT2D eigenvalue weighted by atomic mass is 10.1. The summed E-state index contributed by atoms with van der Waals surface area (Å²) in [7, 11) is 0. The first-order valence-electron chi connectivity index (χ1n) is 3.46. The molecule has 14 heavy (non-hydrogen) atoms. The van der Waals surface area contributed by atoms with Crippen LogP contribution in [-0.2, 0) is 6.18 Å². The number of thiol groups is 1. The summed E-state index contributed by atoms with van der Waals surface area (Å²) in [5, 5.41) is 8.47. The molecule has 2 nitrogen and oxygen atoms in total. The first kappa shape index (κ1) is 10.9. The molecule has 0 saturated heterocycles. The molecule has 0 saturated carbocycles. The van der Waals surface area contributed by atoms with Crippen molar-refractivity contribution in [2.45, 2.75) is 11.1 Å². The van der Waals surface area contributed by atoms with Crippen LogP contribution in [0.5, 0.6) is 0 Å². The average Bonchev–Trinajstić information content (AvgIpc) is 2.02. The molecule has 1 rings (SSSR count). The predicted molar refractivity (Wildman–Crippen MR) is 45.7 cm³/mol. The Morgan fingerprint density at radius 1 is 1.36 bits per heavy atom. The van der Waals surface area contributed by atoms with Crippen molar-refractivity contribution >= 4 is 18.6 Å². The molecular weight excluding hydrogens is 217 g/mol. The number of alkyl halides is 3. The number of hydrogen-bond donors (Lipinski definition) is 2. The molecule has 0 bridgehead atoms. The van der Waals surface area contributed by atoms with E-state index < -0.39 is 23.3 Å². The van der Waals surface area contributed by atoms with Gasteiger partial charge in [-0.2, -0.15) is 13.2 Å². The highest BCUT2D eigenvalue weighted by molar-refractivity contribution is 7.80. The Balaban J connectivity index is 3.29. The summed E-state index contributed by atoms with van der Waals surface area (Å²) >= 11 is 3.59. The largest absolute Gasteiger partial charge is 0.478 e. The van der Waals surface area contributed by atoms with E-state index in [1.165, 1.54) is 0 Å². The van der Waals surface area contributed by atoms with Gasteiger partial charge in [-0.25, -0.2) is 4.79 Å². The molecule has 0 spiro atoms. The van der Waals surface area contributed by atoms with E-state index in [0.29, 0.717) is 6.07 Å². The normalized spacial score (nSPS) is 11.4. The van der Waals surface area contributed by atoms with Crippen molar-refractivity contribution in [2.75, 3.05) is 0 Å². The van der Waals surface area contributed by atoms with Gasteiger partial charge in [0.25, 0.3) is 0 Å². The fourth-order valence-electron chi connectivity index (χ4n) is 0.896. The zero-order chi connectivity index (χ0) is 10.9. The van der Waals surface area contributed by atoms with Crippen LogP contribution < -0.4 is 0 Å². The van der Waals surface area contributed by atoms with Crippen LogP contribution in [0.15, 0.2) is 23.1 Å². The number of halogens is 3. The quantitative estimate of drug-likeness (QED) is 0.717. The molecule has 0 radical (unpaired) electrons. The van der Waals surface area contributed by atoms with Crippen LogP contribution in [-0.4, -0.2) is 11.1 Å². The fourth-order valence-corrected chi connectivity index (χ4v) is 1.16. The second kappa shape index (κ2) is 3.53. The Morgan fingerprint density at radius 3 is 2.36 bits per heavy atom. The summed E-state index contributed by atoms with van der Waals surface area (Å²) in [5.41, 5.74) is -1.45. The maximum absolute atomic E-state index is 12.3. The molecular formula is C8H5F3O2S. The van der Waals surface area contributed by atoms with Crippen LogP contribution in [0.25, 0.3) is 0 Å². The molecule has 0 fully saturated rings. The van der Waals surface area contributed by atoms with Crippen LogP contribution in [0.3, 0.4) is 0 Å². The van der Waals surface area contributed by atoms with Gasteiger partial charge in [0.1, 0.15) is 0 Å². The topological polar surface area (TPSA) is 37.3 Å². The number of carboxylic acids is 1. The first-order chi connectivity index (χ1) is 6.32. The van der Waals surface area contributed by atoms with E-state index in [-0.39, 0.29) is 4.90 Å². The number of carbonyl (C=O) groups is 1. The zero-order valence-corrected chi connectivity index (χ0v) is 7.56. The molecule has 1 aromatic carbocycles. The molecule has 0 aliphatic rings. The van der Waals surface area contributed by atoms with Crippen LogP contribution in [0.2, 0.25) is 0 Å². The maximum atomic E-state index is 12.3. The smallest absolute Gasteiger partial charge is 0.417 e. The minimum absolute atomic E-state index is 0.289. The third kappa shape index (κ3) is 2.20. The van der Waals surface area contributed by atoms with Crippen molar-refractivity contribution < 1.29 is 23.1 Å². The predicted octanol–water partition coefficient (Wildman–Crippen LogP) is 2.69. The van der Waals surface area contributed by atoms with Gasteiger partial charge in [-0.1, -0.05) is 0 Å². The van der Waals surface area contributed by atoms with Crippen molar-refractivity contribution in [3.05, 3.63) is 29.3 Å². The van der Waals surface area contributed by atoms with Gasteiger partial charge in [0.05, 0.1) is 11.1 Å². The van der Waals surface area contributed by atoms with Gasteiger partial charge >= 0.3 is 12.1 Å². The summed E-state index contributed by atoms with van der Waals surface area (Å²) < 4.78 is 36.8. The summed E-state index contributed by atoms with van der Waals surface area (Å²) in [5.74, 6) is -1.40. The van der Waals surface area contributed by atoms with E-state index in [2.05, 4.69) is 12.6 Å².